The van der Waals surface area contributed by atoms with Crippen molar-refractivity contribution in [3.05, 3.63) is 55.8 Å². The molecule has 1 heterocycles. The maximum absolute atomic E-state index is 12.7. The molecule has 1 amide bonds. The van der Waals surface area contributed by atoms with Gasteiger partial charge in [0, 0.05) is 19.7 Å². The van der Waals surface area contributed by atoms with Gasteiger partial charge in [-0.2, -0.15) is 9.78 Å². The highest BCUT2D eigenvalue weighted by molar-refractivity contribution is 6.33. The second-order valence-electron chi connectivity index (χ2n) is 7.54. The molecule has 1 aliphatic carbocycles. The number of benzene rings is 1. The monoisotopic (exact) mass is 436 g/mol. The summed E-state index contributed by atoms with van der Waals surface area (Å²) < 4.78 is 1.97. The second kappa shape index (κ2) is 9.55. The molecule has 0 aliphatic heterocycles. The second-order valence-corrected chi connectivity index (χ2v) is 7.95. The van der Waals surface area contributed by atoms with E-state index in [9.17, 15) is 19.5 Å². The van der Waals surface area contributed by atoms with Gasteiger partial charge < -0.3 is 15.5 Å². The number of carbonyl (C=O) groups excluding carboxylic acids is 1. The van der Waals surface area contributed by atoms with Crippen molar-refractivity contribution in [1.82, 2.24) is 19.7 Å². The molecule has 3 rings (SSSR count). The van der Waals surface area contributed by atoms with Crippen molar-refractivity contribution in [2.45, 2.75) is 50.7 Å². The topological polar surface area (TPSA) is 126 Å². The van der Waals surface area contributed by atoms with E-state index in [1.54, 1.807) is 0 Å². The molecule has 1 aliphatic rings. The van der Waals surface area contributed by atoms with E-state index in [1.165, 1.54) is 18.2 Å². The summed E-state index contributed by atoms with van der Waals surface area (Å²) in [6, 6.07) is 4.40. The van der Waals surface area contributed by atoms with Crippen molar-refractivity contribution in [1.29, 1.82) is 0 Å². The fourth-order valence-corrected chi connectivity index (χ4v) is 3.80. The van der Waals surface area contributed by atoms with Gasteiger partial charge >= 0.3 is 5.69 Å². The summed E-state index contributed by atoms with van der Waals surface area (Å²) in [6.45, 7) is 0.0125. The van der Waals surface area contributed by atoms with Crippen LogP contribution in [0, 0.1) is 0 Å². The van der Waals surface area contributed by atoms with Crippen LogP contribution in [0.3, 0.4) is 0 Å². The van der Waals surface area contributed by atoms with Gasteiger partial charge in [-0.15, -0.1) is 0 Å². The Morgan fingerprint density at radius 3 is 2.67 bits per heavy atom. The number of carbonyl (C=O) groups is 1. The van der Waals surface area contributed by atoms with Crippen molar-refractivity contribution in [2.75, 3.05) is 13.2 Å². The van der Waals surface area contributed by atoms with Crippen LogP contribution in [0.25, 0.3) is 5.69 Å². The van der Waals surface area contributed by atoms with Gasteiger partial charge in [0.25, 0.3) is 11.5 Å². The summed E-state index contributed by atoms with van der Waals surface area (Å²) in [5.41, 5.74) is -1.77. The number of aliphatic hydroxyl groups is 2. The average molecular weight is 437 g/mol. The predicted molar refractivity (Wildman–Crippen MR) is 111 cm³/mol. The van der Waals surface area contributed by atoms with Crippen LogP contribution in [-0.2, 0) is 6.54 Å². The first-order valence-corrected chi connectivity index (χ1v) is 10.3. The summed E-state index contributed by atoms with van der Waals surface area (Å²) in [4.78, 5) is 37.3. The third-order valence-electron chi connectivity index (χ3n) is 5.30. The number of nitrogens with one attached hydrogen (secondary N) is 1. The molecule has 1 aromatic carbocycles. The Kier molecular flexibility index (Phi) is 7.06. The standard InChI is InChI=1S/C20H25ClN4O5/c21-16-6-5-14(25-19(29)24(9-4-10-26)17(27)12-23-25)11-15(16)18(28)22-13-20(30)7-2-1-3-8-20/h5-6,11-12,26,30H,1-4,7-10,13H2,(H,22,28). The zero-order valence-electron chi connectivity index (χ0n) is 16.5. The molecule has 2 aromatic rings. The Morgan fingerprint density at radius 1 is 1.23 bits per heavy atom. The fraction of sp³-hybridized carbons (Fsp3) is 0.500. The third-order valence-corrected chi connectivity index (χ3v) is 5.63. The van der Waals surface area contributed by atoms with E-state index in [0.717, 1.165) is 34.7 Å². The van der Waals surface area contributed by atoms with E-state index in [2.05, 4.69) is 10.4 Å². The number of aliphatic hydroxyl groups excluding tert-OH is 1. The van der Waals surface area contributed by atoms with Crippen LogP contribution >= 0.6 is 11.6 Å². The van der Waals surface area contributed by atoms with Crippen LogP contribution < -0.4 is 16.6 Å². The highest BCUT2D eigenvalue weighted by atomic mass is 35.5. The molecule has 1 aromatic heterocycles. The third kappa shape index (κ3) is 4.97. The zero-order chi connectivity index (χ0) is 21.7. The van der Waals surface area contributed by atoms with Crippen molar-refractivity contribution in [2.24, 2.45) is 0 Å². The average Bonchev–Trinajstić information content (AvgIpc) is 2.73. The Bertz CT molecular complexity index is 1030. The minimum absolute atomic E-state index is 0.0518. The van der Waals surface area contributed by atoms with Crippen molar-refractivity contribution >= 4 is 17.5 Å². The van der Waals surface area contributed by atoms with Crippen LogP contribution in [-0.4, -0.2) is 49.2 Å². The van der Waals surface area contributed by atoms with Gasteiger partial charge in [-0.25, -0.2) is 4.79 Å². The minimum Gasteiger partial charge on any atom is -0.396 e. The molecule has 0 unspecified atom stereocenters. The maximum Gasteiger partial charge on any atom is 0.352 e. The van der Waals surface area contributed by atoms with Crippen LogP contribution in [0.2, 0.25) is 5.02 Å². The lowest BCUT2D eigenvalue weighted by molar-refractivity contribution is 0.00526. The number of halogens is 1. The smallest absolute Gasteiger partial charge is 0.352 e. The van der Waals surface area contributed by atoms with Gasteiger partial charge in [-0.1, -0.05) is 30.9 Å². The van der Waals surface area contributed by atoms with Gasteiger partial charge in [-0.3, -0.25) is 14.2 Å². The Balaban J connectivity index is 1.86. The number of amides is 1. The van der Waals surface area contributed by atoms with E-state index in [-0.39, 0.29) is 42.4 Å². The van der Waals surface area contributed by atoms with Crippen LogP contribution in [0.1, 0.15) is 48.9 Å². The van der Waals surface area contributed by atoms with Gasteiger partial charge in [0.15, 0.2) is 0 Å². The van der Waals surface area contributed by atoms with Gasteiger partial charge in [0.1, 0.15) is 6.20 Å². The lowest BCUT2D eigenvalue weighted by Crippen LogP contribution is -2.44. The molecule has 0 bridgehead atoms. The van der Waals surface area contributed by atoms with Crippen LogP contribution in [0.5, 0.6) is 0 Å². The zero-order valence-corrected chi connectivity index (χ0v) is 17.3. The quantitative estimate of drug-likeness (QED) is 0.590. The number of aromatic nitrogens is 3. The lowest BCUT2D eigenvalue weighted by atomic mass is 9.85. The van der Waals surface area contributed by atoms with E-state index in [4.69, 9.17) is 16.7 Å². The van der Waals surface area contributed by atoms with Gasteiger partial charge in [0.05, 0.1) is 21.9 Å². The number of hydrogen-bond acceptors (Lipinski definition) is 6. The summed E-state index contributed by atoms with van der Waals surface area (Å²) in [5.74, 6) is -0.470. The fourth-order valence-electron chi connectivity index (χ4n) is 3.59. The Labute approximate surface area is 177 Å². The molecule has 0 saturated heterocycles. The molecule has 0 spiro atoms. The Hall–Kier alpha value is -2.49. The molecule has 3 N–H and O–H groups in total. The van der Waals surface area contributed by atoms with Crippen LogP contribution in [0.4, 0.5) is 0 Å². The van der Waals surface area contributed by atoms with Crippen molar-refractivity contribution < 1.29 is 15.0 Å². The summed E-state index contributed by atoms with van der Waals surface area (Å²) in [5, 5.41) is 26.3. The highest BCUT2D eigenvalue weighted by Crippen LogP contribution is 2.27. The molecular formula is C20H25ClN4O5. The molecule has 0 atom stereocenters. The molecule has 1 saturated carbocycles. The SMILES string of the molecule is O=C(NCC1(O)CCCCC1)c1cc(-n2ncc(=O)n(CCCO)c2=O)ccc1Cl. The maximum atomic E-state index is 12.7. The van der Waals surface area contributed by atoms with Crippen molar-refractivity contribution in [3.63, 3.8) is 0 Å². The minimum atomic E-state index is -0.918. The molecule has 10 heteroatoms. The molecular weight excluding hydrogens is 412 g/mol. The summed E-state index contributed by atoms with van der Waals surface area (Å²) in [6.07, 6.45) is 5.44. The highest BCUT2D eigenvalue weighted by Gasteiger charge is 2.29. The molecule has 30 heavy (non-hydrogen) atoms. The van der Waals surface area contributed by atoms with Crippen LogP contribution in [0.15, 0.2) is 34.0 Å². The van der Waals surface area contributed by atoms with E-state index in [1.807, 2.05) is 0 Å². The normalized spacial score (nSPS) is 15.7. The van der Waals surface area contributed by atoms with Crippen molar-refractivity contribution in [3.8, 4) is 5.69 Å². The first-order valence-electron chi connectivity index (χ1n) is 9.95. The number of rotatable bonds is 7. The number of hydrogen-bond donors (Lipinski definition) is 3. The molecule has 1 fully saturated rings. The first kappa shape index (κ1) is 22.2. The molecule has 9 nitrogen and oxygen atoms in total. The van der Waals surface area contributed by atoms with Gasteiger partial charge in [-0.05, 0) is 37.5 Å². The molecule has 0 radical (unpaired) electrons. The van der Waals surface area contributed by atoms with E-state index in [0.29, 0.717) is 12.8 Å². The first-order chi connectivity index (χ1) is 14.3. The molecule has 162 valence electrons. The van der Waals surface area contributed by atoms with E-state index < -0.39 is 22.8 Å². The van der Waals surface area contributed by atoms with E-state index >= 15 is 0 Å². The predicted octanol–water partition coefficient (Wildman–Crippen LogP) is 0.855. The number of nitrogens with zero attached hydrogens (tertiary/aromatic N) is 3. The Morgan fingerprint density at radius 2 is 1.97 bits per heavy atom. The largest absolute Gasteiger partial charge is 0.396 e. The summed E-state index contributed by atoms with van der Waals surface area (Å²) >= 11 is 6.19. The lowest BCUT2D eigenvalue weighted by Gasteiger charge is -2.32. The van der Waals surface area contributed by atoms with Gasteiger partial charge in [0.2, 0.25) is 0 Å². The summed E-state index contributed by atoms with van der Waals surface area (Å²) in [7, 11) is 0.